The van der Waals surface area contributed by atoms with E-state index in [1.54, 1.807) is 0 Å². The number of hydrogen-bond acceptors (Lipinski definition) is 4. The molecule has 144 valence electrons. The van der Waals surface area contributed by atoms with Crippen LogP contribution in [-0.4, -0.2) is 54.8 Å². The summed E-state index contributed by atoms with van der Waals surface area (Å²) in [6.45, 7) is 0.864. The molecular formula is C18H18ClFN2O4S. The summed E-state index contributed by atoms with van der Waals surface area (Å²) in [6.07, 6.45) is 0.438. The first-order valence-electron chi connectivity index (χ1n) is 8.32. The zero-order valence-corrected chi connectivity index (χ0v) is 15.9. The molecule has 1 aliphatic heterocycles. The minimum atomic E-state index is -3.77. The standard InChI is InChI=1S/C18H18ClFN2O4S/c19-13-2-7-17(23)16(12-13)18(24)21-8-1-9-22(11-10-21)27(25,26)15-5-3-14(20)4-6-15/h2-7,12,23H,1,8-11H2. The number of carbonyl (C=O) groups excluding carboxylic acids is 1. The van der Waals surface area contributed by atoms with E-state index in [-0.39, 0.29) is 35.8 Å². The maximum atomic E-state index is 13.1. The van der Waals surface area contributed by atoms with Gasteiger partial charge in [-0.25, -0.2) is 12.8 Å². The van der Waals surface area contributed by atoms with Crippen molar-refractivity contribution in [2.45, 2.75) is 11.3 Å². The van der Waals surface area contributed by atoms with Crippen LogP contribution in [0, 0.1) is 5.82 Å². The molecule has 9 heteroatoms. The van der Waals surface area contributed by atoms with Gasteiger partial charge in [-0.2, -0.15) is 4.31 Å². The van der Waals surface area contributed by atoms with Crippen molar-refractivity contribution in [3.63, 3.8) is 0 Å². The zero-order chi connectivity index (χ0) is 19.6. The maximum Gasteiger partial charge on any atom is 0.257 e. The van der Waals surface area contributed by atoms with Crippen LogP contribution in [-0.2, 0) is 10.0 Å². The smallest absolute Gasteiger partial charge is 0.257 e. The quantitative estimate of drug-likeness (QED) is 0.840. The van der Waals surface area contributed by atoms with Gasteiger partial charge in [0.05, 0.1) is 10.5 Å². The summed E-state index contributed by atoms with van der Waals surface area (Å²) in [5, 5.41) is 10.2. The SMILES string of the molecule is O=C(c1cc(Cl)ccc1O)N1CCCN(S(=O)(=O)c2ccc(F)cc2)CC1. The third kappa shape index (κ3) is 4.23. The van der Waals surface area contributed by atoms with Crippen LogP contribution < -0.4 is 0 Å². The van der Waals surface area contributed by atoms with Gasteiger partial charge in [0, 0.05) is 31.2 Å². The first kappa shape index (κ1) is 19.6. The van der Waals surface area contributed by atoms with Gasteiger partial charge in [0.15, 0.2) is 0 Å². The molecule has 1 fully saturated rings. The number of rotatable bonds is 3. The predicted octanol–water partition coefficient (Wildman–Crippen LogP) is 2.72. The fraction of sp³-hybridized carbons (Fsp3) is 0.278. The minimum absolute atomic E-state index is 0.0103. The van der Waals surface area contributed by atoms with Crippen molar-refractivity contribution in [2.24, 2.45) is 0 Å². The van der Waals surface area contributed by atoms with Crippen LogP contribution in [0.25, 0.3) is 0 Å². The number of benzene rings is 2. The largest absolute Gasteiger partial charge is 0.507 e. The van der Waals surface area contributed by atoms with Crippen molar-refractivity contribution in [1.82, 2.24) is 9.21 Å². The van der Waals surface area contributed by atoms with E-state index >= 15 is 0 Å². The van der Waals surface area contributed by atoms with E-state index in [9.17, 15) is 22.7 Å². The minimum Gasteiger partial charge on any atom is -0.507 e. The molecule has 0 bridgehead atoms. The number of nitrogens with zero attached hydrogens (tertiary/aromatic N) is 2. The Kier molecular flexibility index (Phi) is 5.69. The summed E-state index contributed by atoms with van der Waals surface area (Å²) >= 11 is 5.90. The van der Waals surface area contributed by atoms with E-state index < -0.39 is 21.7 Å². The van der Waals surface area contributed by atoms with Gasteiger partial charge in [0.1, 0.15) is 11.6 Å². The molecule has 1 amide bonds. The summed E-state index contributed by atoms with van der Waals surface area (Å²) in [7, 11) is -3.77. The molecule has 1 N–H and O–H groups in total. The number of hydrogen-bond donors (Lipinski definition) is 1. The van der Waals surface area contributed by atoms with Crippen molar-refractivity contribution in [2.75, 3.05) is 26.2 Å². The number of halogens is 2. The van der Waals surface area contributed by atoms with Crippen LogP contribution in [0.15, 0.2) is 47.4 Å². The van der Waals surface area contributed by atoms with E-state index in [0.717, 1.165) is 12.1 Å². The van der Waals surface area contributed by atoms with Gasteiger partial charge >= 0.3 is 0 Å². The van der Waals surface area contributed by atoms with Gasteiger partial charge < -0.3 is 10.0 Å². The molecule has 3 rings (SSSR count). The number of phenols is 1. The lowest BCUT2D eigenvalue weighted by molar-refractivity contribution is 0.0761. The van der Waals surface area contributed by atoms with Crippen molar-refractivity contribution in [3.8, 4) is 5.75 Å². The molecule has 1 heterocycles. The molecule has 27 heavy (non-hydrogen) atoms. The first-order valence-corrected chi connectivity index (χ1v) is 10.1. The van der Waals surface area contributed by atoms with E-state index in [2.05, 4.69) is 0 Å². The lowest BCUT2D eigenvalue weighted by atomic mass is 10.1. The Labute approximate surface area is 161 Å². The molecule has 1 aliphatic rings. The summed E-state index contributed by atoms with van der Waals surface area (Å²) in [6, 6.07) is 8.86. The van der Waals surface area contributed by atoms with Crippen LogP contribution in [0.4, 0.5) is 4.39 Å². The number of amides is 1. The topological polar surface area (TPSA) is 77.9 Å². The molecule has 1 saturated heterocycles. The molecule has 0 saturated carbocycles. The number of sulfonamides is 1. The van der Waals surface area contributed by atoms with Crippen molar-refractivity contribution in [3.05, 3.63) is 58.9 Å². The molecule has 0 unspecified atom stereocenters. The van der Waals surface area contributed by atoms with Gasteiger partial charge in [0.2, 0.25) is 10.0 Å². The van der Waals surface area contributed by atoms with Gasteiger partial charge in [-0.3, -0.25) is 4.79 Å². The Hall–Kier alpha value is -2.16. The summed E-state index contributed by atoms with van der Waals surface area (Å²) in [5.74, 6) is -1.09. The second kappa shape index (κ2) is 7.84. The van der Waals surface area contributed by atoms with Crippen LogP contribution >= 0.6 is 11.6 Å². The Morgan fingerprint density at radius 3 is 2.44 bits per heavy atom. The Balaban J connectivity index is 1.76. The van der Waals surface area contributed by atoms with Crippen LogP contribution in [0.5, 0.6) is 5.75 Å². The summed E-state index contributed by atoms with van der Waals surface area (Å²) in [5.41, 5.74) is 0.0809. The van der Waals surface area contributed by atoms with Crippen molar-refractivity contribution in [1.29, 1.82) is 0 Å². The second-order valence-electron chi connectivity index (χ2n) is 6.17. The van der Waals surface area contributed by atoms with Gasteiger partial charge in [-0.05, 0) is 48.9 Å². The lowest BCUT2D eigenvalue weighted by Crippen LogP contribution is -2.37. The third-order valence-electron chi connectivity index (χ3n) is 4.38. The molecule has 0 aliphatic carbocycles. The zero-order valence-electron chi connectivity index (χ0n) is 14.3. The highest BCUT2D eigenvalue weighted by atomic mass is 35.5. The highest BCUT2D eigenvalue weighted by Gasteiger charge is 2.29. The first-order chi connectivity index (χ1) is 12.8. The highest BCUT2D eigenvalue weighted by molar-refractivity contribution is 7.89. The number of aromatic hydroxyl groups is 1. The normalized spacial score (nSPS) is 16.1. The Bertz CT molecular complexity index is 950. The average Bonchev–Trinajstić information content (AvgIpc) is 2.90. The fourth-order valence-corrected chi connectivity index (χ4v) is 4.58. The molecule has 0 atom stereocenters. The molecule has 0 radical (unpaired) electrons. The van der Waals surface area contributed by atoms with Gasteiger partial charge in [-0.15, -0.1) is 0 Å². The van der Waals surface area contributed by atoms with Crippen LogP contribution in [0.2, 0.25) is 5.02 Å². The molecule has 2 aromatic rings. The van der Waals surface area contributed by atoms with Crippen molar-refractivity contribution >= 4 is 27.5 Å². The Morgan fingerprint density at radius 2 is 1.74 bits per heavy atom. The molecule has 2 aromatic carbocycles. The predicted molar refractivity (Wildman–Crippen MR) is 98.8 cm³/mol. The molecule has 0 aromatic heterocycles. The monoisotopic (exact) mass is 412 g/mol. The van der Waals surface area contributed by atoms with Crippen molar-refractivity contribution < 1.29 is 22.7 Å². The van der Waals surface area contributed by atoms with Gasteiger partial charge in [0.25, 0.3) is 5.91 Å². The van der Waals surface area contributed by atoms with E-state index in [0.29, 0.717) is 18.0 Å². The Morgan fingerprint density at radius 1 is 1.04 bits per heavy atom. The summed E-state index contributed by atoms with van der Waals surface area (Å²) in [4.78, 5) is 14.2. The van der Waals surface area contributed by atoms with E-state index in [4.69, 9.17) is 11.6 Å². The van der Waals surface area contributed by atoms with Gasteiger partial charge in [-0.1, -0.05) is 11.6 Å². The second-order valence-corrected chi connectivity index (χ2v) is 8.54. The highest BCUT2D eigenvalue weighted by Crippen LogP contribution is 2.24. The molecular weight excluding hydrogens is 395 g/mol. The third-order valence-corrected chi connectivity index (χ3v) is 6.53. The summed E-state index contributed by atoms with van der Waals surface area (Å²) < 4.78 is 39.8. The molecule has 6 nitrogen and oxygen atoms in total. The van der Waals surface area contributed by atoms with E-state index in [1.807, 2.05) is 0 Å². The van der Waals surface area contributed by atoms with E-state index in [1.165, 1.54) is 39.5 Å². The fourth-order valence-electron chi connectivity index (χ4n) is 2.94. The van der Waals surface area contributed by atoms with Crippen LogP contribution in [0.1, 0.15) is 16.8 Å². The average molecular weight is 413 g/mol. The number of phenolic OH excluding ortho intramolecular Hbond substituents is 1. The molecule has 0 spiro atoms. The maximum absolute atomic E-state index is 13.1. The lowest BCUT2D eigenvalue weighted by Gasteiger charge is -2.22. The van der Waals surface area contributed by atoms with Crippen LogP contribution in [0.3, 0.4) is 0 Å². The number of carbonyl (C=O) groups is 1.